The molecule has 4 atom stereocenters. The fraction of sp³-hybridized carbons (Fsp3) is 0.545. The lowest BCUT2D eigenvalue weighted by Gasteiger charge is -2.19. The Morgan fingerprint density at radius 2 is 1.66 bits per heavy atom. The van der Waals surface area contributed by atoms with Crippen LogP contribution in [0.25, 0.3) is 0 Å². The van der Waals surface area contributed by atoms with Gasteiger partial charge in [0.05, 0.1) is 23.5 Å². The molecule has 0 spiro atoms. The van der Waals surface area contributed by atoms with E-state index >= 15 is 0 Å². The number of anilines is 1. The Bertz CT molecular complexity index is 819. The number of imide groups is 1. The van der Waals surface area contributed by atoms with Crippen LogP contribution >= 0.6 is 0 Å². The Morgan fingerprint density at radius 3 is 2.21 bits per heavy atom. The fourth-order valence-corrected chi connectivity index (χ4v) is 5.10. The van der Waals surface area contributed by atoms with Crippen molar-refractivity contribution in [3.63, 3.8) is 0 Å². The Labute approximate surface area is 169 Å². The summed E-state index contributed by atoms with van der Waals surface area (Å²) in [5, 5.41) is 2.74. The Hall–Kier alpha value is -2.70. The zero-order chi connectivity index (χ0) is 20.7. The van der Waals surface area contributed by atoms with Crippen LogP contribution in [-0.4, -0.2) is 41.2 Å². The second kappa shape index (κ2) is 7.61. The summed E-state index contributed by atoms with van der Waals surface area (Å²) in [5.41, 5.74) is 0.955. The molecule has 7 nitrogen and oxygen atoms in total. The smallest absolute Gasteiger partial charge is 0.338 e. The molecule has 2 saturated carbocycles. The first-order valence-corrected chi connectivity index (χ1v) is 10.3. The van der Waals surface area contributed by atoms with E-state index in [-0.39, 0.29) is 48.6 Å². The Balaban J connectivity index is 1.30. The predicted molar refractivity (Wildman–Crippen MR) is 105 cm³/mol. The van der Waals surface area contributed by atoms with Crippen LogP contribution in [0.1, 0.15) is 49.9 Å². The molecule has 3 fully saturated rings. The van der Waals surface area contributed by atoms with Gasteiger partial charge in [0.25, 0.3) is 0 Å². The monoisotopic (exact) mass is 398 g/mol. The molecule has 2 bridgehead atoms. The molecule has 1 N–H and O–H groups in total. The lowest BCUT2D eigenvalue weighted by atomic mass is 9.81. The molecule has 29 heavy (non-hydrogen) atoms. The van der Waals surface area contributed by atoms with Crippen LogP contribution in [0.3, 0.4) is 0 Å². The molecule has 4 rings (SSSR count). The van der Waals surface area contributed by atoms with Crippen molar-refractivity contribution in [1.82, 2.24) is 4.90 Å². The van der Waals surface area contributed by atoms with Gasteiger partial charge in [0.2, 0.25) is 17.7 Å². The number of rotatable bonds is 6. The molecule has 1 aromatic rings. The third-order valence-corrected chi connectivity index (χ3v) is 6.33. The van der Waals surface area contributed by atoms with Crippen LogP contribution in [0.4, 0.5) is 5.69 Å². The molecular weight excluding hydrogens is 372 g/mol. The summed E-state index contributed by atoms with van der Waals surface area (Å²) in [6, 6.07) is 6.43. The first-order chi connectivity index (χ1) is 13.8. The third kappa shape index (κ3) is 3.66. The lowest BCUT2D eigenvalue weighted by Crippen LogP contribution is -2.35. The zero-order valence-electron chi connectivity index (χ0n) is 16.7. The summed E-state index contributed by atoms with van der Waals surface area (Å²) in [6.07, 6.45) is 2.94. The second-order valence-electron chi connectivity index (χ2n) is 8.54. The van der Waals surface area contributed by atoms with Gasteiger partial charge in [-0.2, -0.15) is 0 Å². The molecule has 4 unspecified atom stereocenters. The van der Waals surface area contributed by atoms with Crippen molar-refractivity contribution in [2.75, 3.05) is 11.9 Å². The minimum atomic E-state index is -0.413. The van der Waals surface area contributed by atoms with Gasteiger partial charge in [-0.25, -0.2) is 4.79 Å². The van der Waals surface area contributed by atoms with Crippen LogP contribution < -0.4 is 5.32 Å². The molecule has 1 saturated heterocycles. The third-order valence-electron chi connectivity index (χ3n) is 6.33. The van der Waals surface area contributed by atoms with Crippen molar-refractivity contribution in [1.29, 1.82) is 0 Å². The van der Waals surface area contributed by atoms with Crippen LogP contribution in [0.15, 0.2) is 24.3 Å². The van der Waals surface area contributed by atoms with Gasteiger partial charge >= 0.3 is 5.97 Å². The van der Waals surface area contributed by atoms with Gasteiger partial charge in [0.15, 0.2) is 0 Å². The van der Waals surface area contributed by atoms with Crippen molar-refractivity contribution in [2.24, 2.45) is 23.7 Å². The predicted octanol–water partition coefficient (Wildman–Crippen LogP) is 2.61. The number of fused-ring (bicyclic) bond motifs is 5. The number of ether oxygens (including phenoxy) is 1. The van der Waals surface area contributed by atoms with Crippen molar-refractivity contribution >= 4 is 29.4 Å². The molecular formula is C22H26N2O5. The number of nitrogens with one attached hydrogen (secondary N) is 1. The van der Waals surface area contributed by atoms with E-state index in [0.717, 1.165) is 19.3 Å². The number of carbonyl (C=O) groups excluding carboxylic acids is 4. The highest BCUT2D eigenvalue weighted by Crippen LogP contribution is 2.56. The molecule has 1 heterocycles. The van der Waals surface area contributed by atoms with E-state index < -0.39 is 5.97 Å². The van der Waals surface area contributed by atoms with Gasteiger partial charge in [-0.3, -0.25) is 19.3 Å². The molecule has 7 heteroatoms. The maximum Gasteiger partial charge on any atom is 0.338 e. The van der Waals surface area contributed by atoms with E-state index in [9.17, 15) is 19.2 Å². The van der Waals surface area contributed by atoms with Gasteiger partial charge in [-0.15, -0.1) is 0 Å². The SMILES string of the molecule is CC(C)OC(=O)c1ccc(NC(=O)CCN2C(=O)C3C4CCC(C4)C3C2=O)cc1. The summed E-state index contributed by atoms with van der Waals surface area (Å²) < 4.78 is 5.13. The van der Waals surface area contributed by atoms with Gasteiger partial charge in [-0.05, 0) is 69.2 Å². The largest absolute Gasteiger partial charge is 0.459 e. The number of hydrogen-bond acceptors (Lipinski definition) is 5. The number of hydrogen-bond donors (Lipinski definition) is 1. The second-order valence-corrected chi connectivity index (χ2v) is 8.54. The first-order valence-electron chi connectivity index (χ1n) is 10.3. The molecule has 154 valence electrons. The number of likely N-dealkylation sites (tertiary alicyclic amines) is 1. The Morgan fingerprint density at radius 1 is 1.07 bits per heavy atom. The van der Waals surface area contributed by atoms with Gasteiger partial charge in [0.1, 0.15) is 0 Å². The standard InChI is InChI=1S/C22H26N2O5/c1-12(2)29-22(28)13-5-7-16(8-6-13)23-17(25)9-10-24-20(26)18-14-3-4-15(11-14)19(18)21(24)27/h5-8,12,14-15,18-19H,3-4,9-11H2,1-2H3,(H,23,25). The van der Waals surface area contributed by atoms with Crippen molar-refractivity contribution in [3.8, 4) is 0 Å². The van der Waals surface area contributed by atoms with E-state index in [2.05, 4.69) is 5.32 Å². The van der Waals surface area contributed by atoms with Crippen molar-refractivity contribution < 1.29 is 23.9 Å². The first kappa shape index (κ1) is 19.6. The summed E-state index contributed by atoms with van der Waals surface area (Å²) in [4.78, 5) is 50.8. The van der Waals surface area contributed by atoms with Crippen molar-refractivity contribution in [3.05, 3.63) is 29.8 Å². The summed E-state index contributed by atoms with van der Waals surface area (Å²) >= 11 is 0. The molecule has 0 radical (unpaired) electrons. The summed E-state index contributed by atoms with van der Waals surface area (Å²) in [7, 11) is 0. The topological polar surface area (TPSA) is 92.8 Å². The maximum absolute atomic E-state index is 12.7. The average molecular weight is 398 g/mol. The van der Waals surface area contributed by atoms with E-state index in [1.807, 2.05) is 0 Å². The maximum atomic E-state index is 12.7. The van der Waals surface area contributed by atoms with Crippen LogP contribution in [0, 0.1) is 23.7 Å². The molecule has 1 aromatic carbocycles. The quantitative estimate of drug-likeness (QED) is 0.587. The van der Waals surface area contributed by atoms with Crippen LogP contribution in [0.5, 0.6) is 0 Å². The normalized spacial score (nSPS) is 27.5. The van der Waals surface area contributed by atoms with E-state index in [1.165, 1.54) is 4.90 Å². The van der Waals surface area contributed by atoms with E-state index in [4.69, 9.17) is 4.74 Å². The van der Waals surface area contributed by atoms with Crippen LogP contribution in [-0.2, 0) is 19.1 Å². The zero-order valence-corrected chi connectivity index (χ0v) is 16.7. The summed E-state index contributed by atoms with van der Waals surface area (Å²) in [5.74, 6) is -0.472. The molecule has 1 aliphatic heterocycles. The highest BCUT2D eigenvalue weighted by atomic mass is 16.5. The number of nitrogens with zero attached hydrogens (tertiary/aromatic N) is 1. The van der Waals surface area contributed by atoms with Crippen molar-refractivity contribution in [2.45, 2.75) is 45.6 Å². The lowest BCUT2D eigenvalue weighted by molar-refractivity contribution is -0.140. The minimum Gasteiger partial charge on any atom is -0.459 e. The Kier molecular flexibility index (Phi) is 5.15. The average Bonchev–Trinajstić information content (AvgIpc) is 3.35. The highest BCUT2D eigenvalue weighted by Gasteiger charge is 2.60. The van der Waals surface area contributed by atoms with Gasteiger partial charge in [0, 0.05) is 18.7 Å². The summed E-state index contributed by atoms with van der Waals surface area (Å²) in [6.45, 7) is 3.68. The highest BCUT2D eigenvalue weighted by molar-refractivity contribution is 6.06. The number of esters is 1. The number of amides is 3. The molecule has 3 aliphatic rings. The van der Waals surface area contributed by atoms with Gasteiger partial charge in [-0.1, -0.05) is 0 Å². The van der Waals surface area contributed by atoms with E-state index in [1.54, 1.807) is 38.1 Å². The molecule has 2 aliphatic carbocycles. The number of carbonyl (C=O) groups is 4. The van der Waals surface area contributed by atoms with E-state index in [0.29, 0.717) is 23.1 Å². The number of benzene rings is 1. The fourth-order valence-electron chi connectivity index (χ4n) is 5.10. The molecule has 3 amide bonds. The minimum absolute atomic E-state index is 0.0589. The van der Waals surface area contributed by atoms with Gasteiger partial charge < -0.3 is 10.1 Å². The molecule has 0 aromatic heterocycles. The van der Waals surface area contributed by atoms with Crippen LogP contribution in [0.2, 0.25) is 0 Å².